The highest BCUT2D eigenvalue weighted by atomic mass is 19.1. The predicted octanol–water partition coefficient (Wildman–Crippen LogP) is 3.72. The Kier molecular flexibility index (Phi) is 4.98. The van der Waals surface area contributed by atoms with E-state index in [2.05, 4.69) is 35.9 Å². The molecule has 0 bridgehead atoms. The number of nitrogens with zero attached hydrogens (tertiary/aromatic N) is 2. The van der Waals surface area contributed by atoms with Gasteiger partial charge in [0.2, 0.25) is 0 Å². The van der Waals surface area contributed by atoms with Gasteiger partial charge in [-0.3, -0.25) is 10.00 Å². The summed E-state index contributed by atoms with van der Waals surface area (Å²) in [7, 11) is 0. The van der Waals surface area contributed by atoms with Crippen molar-refractivity contribution in [1.29, 1.82) is 0 Å². The van der Waals surface area contributed by atoms with Gasteiger partial charge in [0, 0.05) is 29.8 Å². The minimum Gasteiger partial charge on any atom is -0.385 e. The predicted molar refractivity (Wildman–Crippen MR) is 96.7 cm³/mol. The highest BCUT2D eigenvalue weighted by Gasteiger charge is 2.32. The molecule has 1 aliphatic heterocycles. The second-order valence-corrected chi connectivity index (χ2v) is 8.19. The zero-order chi connectivity index (χ0) is 18.1. The van der Waals surface area contributed by atoms with Gasteiger partial charge < -0.3 is 5.11 Å². The average Bonchev–Trinajstić information content (AvgIpc) is 2.93. The van der Waals surface area contributed by atoms with E-state index < -0.39 is 5.60 Å². The number of rotatable bonds is 3. The van der Waals surface area contributed by atoms with Crippen LogP contribution in [-0.4, -0.2) is 33.3 Å². The monoisotopic (exact) mass is 345 g/mol. The van der Waals surface area contributed by atoms with Crippen molar-refractivity contribution in [3.05, 3.63) is 53.1 Å². The molecule has 1 saturated heterocycles. The van der Waals surface area contributed by atoms with Crippen LogP contribution in [-0.2, 0) is 17.6 Å². The highest BCUT2D eigenvalue weighted by molar-refractivity contribution is 5.25. The summed E-state index contributed by atoms with van der Waals surface area (Å²) in [6.07, 6.45) is 4.18. The molecule has 2 heterocycles. The Balaban J connectivity index is 1.70. The van der Waals surface area contributed by atoms with E-state index in [1.807, 2.05) is 6.20 Å². The SMILES string of the molecule is CC(C)(C)c1[nH]ncc1CN1CCCC(O)(c2ccc(F)cc2)CC1. The third-order valence-electron chi connectivity index (χ3n) is 5.15. The molecule has 1 aliphatic rings. The van der Waals surface area contributed by atoms with E-state index in [1.54, 1.807) is 12.1 Å². The highest BCUT2D eigenvalue weighted by Crippen LogP contribution is 2.33. The van der Waals surface area contributed by atoms with Crippen molar-refractivity contribution in [3.8, 4) is 0 Å². The summed E-state index contributed by atoms with van der Waals surface area (Å²) in [6, 6.07) is 6.27. The van der Waals surface area contributed by atoms with Crippen LogP contribution in [0.1, 0.15) is 56.9 Å². The van der Waals surface area contributed by atoms with Crippen LogP contribution in [0.2, 0.25) is 0 Å². The van der Waals surface area contributed by atoms with E-state index in [9.17, 15) is 9.50 Å². The summed E-state index contributed by atoms with van der Waals surface area (Å²) in [5.41, 5.74) is 2.37. The third kappa shape index (κ3) is 4.10. The van der Waals surface area contributed by atoms with Crippen molar-refractivity contribution in [2.24, 2.45) is 0 Å². The lowest BCUT2D eigenvalue weighted by atomic mass is 9.87. The maximum atomic E-state index is 13.2. The van der Waals surface area contributed by atoms with Gasteiger partial charge in [0.05, 0.1) is 11.8 Å². The van der Waals surface area contributed by atoms with E-state index in [1.165, 1.54) is 23.4 Å². The van der Waals surface area contributed by atoms with E-state index >= 15 is 0 Å². The number of nitrogens with one attached hydrogen (secondary N) is 1. The van der Waals surface area contributed by atoms with E-state index in [0.717, 1.165) is 31.6 Å². The number of hydrogen-bond donors (Lipinski definition) is 2. The van der Waals surface area contributed by atoms with Crippen LogP contribution in [0, 0.1) is 5.82 Å². The lowest BCUT2D eigenvalue weighted by Crippen LogP contribution is -2.29. The fraction of sp³-hybridized carbons (Fsp3) is 0.550. The molecule has 0 radical (unpaired) electrons. The number of hydrogen-bond acceptors (Lipinski definition) is 3. The zero-order valence-electron chi connectivity index (χ0n) is 15.3. The standard InChI is InChI=1S/C20H28FN3O/c1-19(2,3)18-15(13-22-23-18)14-24-11-4-9-20(25,10-12-24)16-5-7-17(21)8-6-16/h5-8,13,25H,4,9-12,14H2,1-3H3,(H,22,23). The molecular formula is C20H28FN3O. The van der Waals surface area contributed by atoms with Crippen molar-refractivity contribution in [1.82, 2.24) is 15.1 Å². The average molecular weight is 345 g/mol. The first-order valence-corrected chi connectivity index (χ1v) is 9.01. The van der Waals surface area contributed by atoms with Crippen LogP contribution >= 0.6 is 0 Å². The Hall–Kier alpha value is -1.72. The molecule has 2 aromatic rings. The maximum absolute atomic E-state index is 13.2. The second kappa shape index (κ2) is 6.89. The molecule has 1 aromatic heterocycles. The summed E-state index contributed by atoms with van der Waals surface area (Å²) < 4.78 is 13.2. The molecule has 0 aliphatic carbocycles. The van der Waals surface area contributed by atoms with Crippen LogP contribution in [0.25, 0.3) is 0 Å². The van der Waals surface area contributed by atoms with E-state index in [-0.39, 0.29) is 11.2 Å². The quantitative estimate of drug-likeness (QED) is 0.891. The van der Waals surface area contributed by atoms with Crippen molar-refractivity contribution in [2.45, 2.75) is 57.6 Å². The molecule has 0 amide bonds. The van der Waals surface area contributed by atoms with Gasteiger partial charge in [-0.2, -0.15) is 5.10 Å². The van der Waals surface area contributed by atoms with Gasteiger partial charge >= 0.3 is 0 Å². The zero-order valence-corrected chi connectivity index (χ0v) is 15.3. The molecule has 1 atom stereocenters. The normalized spacial score (nSPS) is 22.8. The molecule has 0 saturated carbocycles. The molecule has 1 unspecified atom stereocenters. The molecule has 5 heteroatoms. The largest absolute Gasteiger partial charge is 0.385 e. The maximum Gasteiger partial charge on any atom is 0.123 e. The first-order valence-electron chi connectivity index (χ1n) is 9.01. The third-order valence-corrected chi connectivity index (χ3v) is 5.15. The summed E-state index contributed by atoms with van der Waals surface area (Å²) in [4.78, 5) is 2.38. The van der Waals surface area contributed by atoms with Gasteiger partial charge in [-0.15, -0.1) is 0 Å². The van der Waals surface area contributed by atoms with Crippen molar-refractivity contribution in [2.75, 3.05) is 13.1 Å². The Morgan fingerprint density at radius 2 is 1.92 bits per heavy atom. The first kappa shape index (κ1) is 18.1. The number of likely N-dealkylation sites (tertiary alicyclic amines) is 1. The van der Waals surface area contributed by atoms with E-state index in [4.69, 9.17) is 0 Å². The molecule has 2 N–H and O–H groups in total. The number of halogens is 1. The molecule has 25 heavy (non-hydrogen) atoms. The van der Waals surface area contributed by atoms with Crippen LogP contribution in [0.15, 0.2) is 30.5 Å². The van der Waals surface area contributed by atoms with Crippen molar-refractivity contribution in [3.63, 3.8) is 0 Å². The van der Waals surface area contributed by atoms with E-state index in [0.29, 0.717) is 12.8 Å². The van der Waals surface area contributed by atoms with Gasteiger partial charge in [-0.1, -0.05) is 32.9 Å². The van der Waals surface area contributed by atoms with Gasteiger partial charge in [0.15, 0.2) is 0 Å². The van der Waals surface area contributed by atoms with Gasteiger partial charge in [-0.05, 0) is 43.5 Å². The Labute approximate surface area is 149 Å². The molecule has 1 fully saturated rings. The Bertz CT molecular complexity index is 704. The summed E-state index contributed by atoms with van der Waals surface area (Å²) >= 11 is 0. The lowest BCUT2D eigenvalue weighted by molar-refractivity contribution is 0.0209. The number of H-pyrrole nitrogens is 1. The lowest BCUT2D eigenvalue weighted by Gasteiger charge is -2.28. The molecule has 3 rings (SSSR count). The minimum atomic E-state index is -0.869. The fourth-order valence-corrected chi connectivity index (χ4v) is 3.70. The summed E-state index contributed by atoms with van der Waals surface area (Å²) in [5.74, 6) is -0.266. The second-order valence-electron chi connectivity index (χ2n) is 8.19. The molecule has 136 valence electrons. The summed E-state index contributed by atoms with van der Waals surface area (Å²) in [6.45, 7) is 9.13. The fourth-order valence-electron chi connectivity index (χ4n) is 3.70. The first-order chi connectivity index (χ1) is 11.8. The smallest absolute Gasteiger partial charge is 0.123 e. The molecule has 0 spiro atoms. The Morgan fingerprint density at radius 1 is 1.20 bits per heavy atom. The Morgan fingerprint density at radius 3 is 2.60 bits per heavy atom. The minimum absolute atomic E-state index is 0.0343. The number of aliphatic hydroxyl groups is 1. The van der Waals surface area contributed by atoms with Gasteiger partial charge in [0.1, 0.15) is 5.82 Å². The van der Waals surface area contributed by atoms with Gasteiger partial charge in [0.25, 0.3) is 0 Å². The molecular weight excluding hydrogens is 317 g/mol. The van der Waals surface area contributed by atoms with Gasteiger partial charge in [-0.25, -0.2) is 4.39 Å². The number of aromatic nitrogens is 2. The van der Waals surface area contributed by atoms with Crippen LogP contribution in [0.5, 0.6) is 0 Å². The summed E-state index contributed by atoms with van der Waals surface area (Å²) in [5, 5.41) is 18.4. The molecule has 4 nitrogen and oxygen atoms in total. The van der Waals surface area contributed by atoms with Crippen LogP contribution < -0.4 is 0 Å². The van der Waals surface area contributed by atoms with Crippen LogP contribution in [0.4, 0.5) is 4.39 Å². The number of aromatic amines is 1. The topological polar surface area (TPSA) is 52.2 Å². The molecule has 1 aromatic carbocycles. The van der Waals surface area contributed by atoms with Crippen molar-refractivity contribution < 1.29 is 9.50 Å². The van der Waals surface area contributed by atoms with Crippen LogP contribution in [0.3, 0.4) is 0 Å². The number of benzene rings is 1. The van der Waals surface area contributed by atoms with Crippen molar-refractivity contribution >= 4 is 0 Å².